The number of hydrogen-bond acceptors (Lipinski definition) is 8. The smallest absolute Gasteiger partial charge is 0.352 e. The fourth-order valence-electron chi connectivity index (χ4n) is 12.0. The van der Waals surface area contributed by atoms with Gasteiger partial charge in [0.05, 0.1) is 49.3 Å². The molecule has 261 valence electrons. The van der Waals surface area contributed by atoms with E-state index >= 15 is 0 Å². The molecule has 0 aromatic rings. The first kappa shape index (κ1) is 35.6. The summed E-state index contributed by atoms with van der Waals surface area (Å²) in [7, 11) is 0. The van der Waals surface area contributed by atoms with Crippen molar-refractivity contribution >= 4 is 23.2 Å². The van der Waals surface area contributed by atoms with Crippen LogP contribution in [-0.2, 0) is 17.1 Å². The molecule has 45 heavy (non-hydrogen) atoms. The first-order chi connectivity index (χ1) is 21.8. The van der Waals surface area contributed by atoms with Gasteiger partial charge in [-0.15, -0.1) is 0 Å². The summed E-state index contributed by atoms with van der Waals surface area (Å²) in [6.07, 6.45) is 31.0. The van der Waals surface area contributed by atoms with Gasteiger partial charge in [-0.25, -0.2) is 0 Å². The molecule has 8 nitrogen and oxygen atoms in total. The van der Waals surface area contributed by atoms with Crippen LogP contribution in [0.1, 0.15) is 103 Å². The molecule has 4 aliphatic carbocycles. The maximum Gasteiger partial charge on any atom is 2.00 e. The van der Waals surface area contributed by atoms with Gasteiger partial charge >= 0.3 is 17.1 Å². The van der Waals surface area contributed by atoms with Gasteiger partial charge in [0.2, 0.25) is 0 Å². The van der Waals surface area contributed by atoms with Crippen molar-refractivity contribution in [1.29, 1.82) is 0 Å². The van der Waals surface area contributed by atoms with Crippen LogP contribution in [0.25, 0.3) is 0 Å². The Bertz CT molecular complexity index is 729. The topological polar surface area (TPSA) is 96.2 Å². The van der Waals surface area contributed by atoms with Gasteiger partial charge < -0.3 is 23.2 Å². The van der Waals surface area contributed by atoms with Crippen LogP contribution in [0.4, 0.5) is 0 Å². The second kappa shape index (κ2) is 16.2. The van der Waals surface area contributed by atoms with E-state index in [-0.39, 0.29) is 17.1 Å². The van der Waals surface area contributed by atoms with Crippen LogP contribution < -0.4 is 42.5 Å². The maximum atomic E-state index is 4.39. The minimum atomic E-state index is 0. The van der Waals surface area contributed by atoms with Gasteiger partial charge in [-0.2, -0.15) is 0 Å². The third-order valence-corrected chi connectivity index (χ3v) is 13.8. The quantitative estimate of drug-likeness (QED) is 0.136. The molecule has 0 aromatic carbocycles. The van der Waals surface area contributed by atoms with E-state index < -0.39 is 0 Å². The molecule has 8 unspecified atom stereocenters. The van der Waals surface area contributed by atoms with Crippen LogP contribution in [0, 0.1) is 60.1 Å². The molecule has 9 fully saturated rings. The van der Waals surface area contributed by atoms with Crippen molar-refractivity contribution in [2.45, 2.75) is 152 Å². The van der Waals surface area contributed by atoms with Gasteiger partial charge in [0.15, 0.2) is 0 Å². The molecule has 0 aromatic heterocycles. The molecule has 4 saturated carbocycles. The SMILES string of the molecule is C1CCC2C3NC(NC4NC(NC5NC(NC6NC(N3)C3CCCCC63)C3CCCCC53)C3CCCCC43)C2C1.[CH2-]Cl.[CH2-]Cl.[Cu+2]. The van der Waals surface area contributed by atoms with Crippen molar-refractivity contribution in [3.63, 3.8) is 0 Å². The van der Waals surface area contributed by atoms with E-state index in [9.17, 15) is 0 Å². The molecule has 11 heteroatoms. The van der Waals surface area contributed by atoms with E-state index in [0.29, 0.717) is 49.3 Å². The fraction of sp³-hybridized carbons (Fsp3) is 0.941. The van der Waals surface area contributed by atoms with Crippen LogP contribution >= 0.6 is 23.2 Å². The predicted octanol–water partition coefficient (Wildman–Crippen LogP) is 4.64. The molecule has 5 aliphatic heterocycles. The zero-order chi connectivity index (χ0) is 30.2. The predicted molar refractivity (Wildman–Crippen MR) is 180 cm³/mol. The van der Waals surface area contributed by atoms with Gasteiger partial charge in [0.25, 0.3) is 0 Å². The zero-order valence-corrected chi connectivity index (χ0v) is 29.5. The summed E-state index contributed by atoms with van der Waals surface area (Å²) < 4.78 is 0. The molecule has 1 radical (unpaired) electrons. The monoisotopic (exact) mass is 713 g/mol. The van der Waals surface area contributed by atoms with E-state index in [2.05, 4.69) is 78.5 Å². The minimum Gasteiger partial charge on any atom is -0.352 e. The van der Waals surface area contributed by atoms with Gasteiger partial charge in [0, 0.05) is 0 Å². The van der Waals surface area contributed by atoms with Crippen molar-refractivity contribution in [1.82, 2.24) is 42.5 Å². The Morgan fingerprint density at radius 2 is 0.378 bits per heavy atom. The van der Waals surface area contributed by atoms with Crippen molar-refractivity contribution in [2.24, 2.45) is 47.3 Å². The molecule has 0 amide bonds. The minimum absolute atomic E-state index is 0. The van der Waals surface area contributed by atoms with E-state index in [1.165, 1.54) is 103 Å². The van der Waals surface area contributed by atoms with Gasteiger partial charge in [-0.1, -0.05) is 51.4 Å². The summed E-state index contributed by atoms with van der Waals surface area (Å²) >= 11 is 8.78. The summed E-state index contributed by atoms with van der Waals surface area (Å²) in [6.45, 7) is 0. The Balaban J connectivity index is 0.000000689. The summed E-state index contributed by atoms with van der Waals surface area (Å²) in [6, 6.07) is 0. The third kappa shape index (κ3) is 6.93. The Morgan fingerprint density at radius 3 is 0.489 bits per heavy atom. The van der Waals surface area contributed by atoms with E-state index in [4.69, 9.17) is 0 Å². The number of nitrogens with one attached hydrogen (secondary N) is 8. The van der Waals surface area contributed by atoms with Crippen LogP contribution in [0.5, 0.6) is 0 Å². The first-order valence-electron chi connectivity index (χ1n) is 18.4. The van der Waals surface area contributed by atoms with Gasteiger partial charge in [-0.05, 0) is 98.7 Å². The maximum absolute atomic E-state index is 4.39. The van der Waals surface area contributed by atoms with E-state index in [1.807, 2.05) is 0 Å². The number of rotatable bonds is 0. The molecule has 5 saturated heterocycles. The molecule has 8 bridgehead atoms. The normalized spacial score (nSPS) is 51.5. The Hall–Kier alpha value is 0.779. The largest absolute Gasteiger partial charge is 2.00 e. The summed E-state index contributed by atoms with van der Waals surface area (Å²) in [5, 5.41) is 33.8. The molecular formula is C34H60Cl2CuN8. The summed E-state index contributed by atoms with van der Waals surface area (Å²) in [5.41, 5.74) is 0. The second-order valence-corrected chi connectivity index (χ2v) is 15.6. The Kier molecular flexibility index (Phi) is 12.8. The standard InChI is InChI=1S/C32H56N8.2CH2Cl.Cu/c1-2-10-18-17(9-1)25-33-26(18)38-28-21-13-5-6-14-22(21)30(35-28)40-32-24-16-8-7-15-23(24)31(36-32)39-29-20-12-4-3-11-19(20)27(34-29)37-25;2*1-2;/h17-40H,1-16H2;2*1H2;/q;2*-1;+2. The number of hydrogen-bond donors (Lipinski definition) is 8. The Labute approximate surface area is 293 Å². The van der Waals surface area contributed by atoms with Crippen molar-refractivity contribution in [2.75, 3.05) is 0 Å². The molecule has 8 atom stereocenters. The van der Waals surface area contributed by atoms with Crippen LogP contribution in [0.15, 0.2) is 0 Å². The van der Waals surface area contributed by atoms with E-state index in [1.54, 1.807) is 0 Å². The summed E-state index contributed by atoms with van der Waals surface area (Å²) in [4.78, 5) is 0. The van der Waals surface area contributed by atoms with Crippen LogP contribution in [0.3, 0.4) is 0 Å². The second-order valence-electron chi connectivity index (χ2n) is 15.6. The van der Waals surface area contributed by atoms with E-state index in [0.717, 1.165) is 47.3 Å². The van der Waals surface area contributed by atoms with Crippen LogP contribution in [0.2, 0.25) is 0 Å². The van der Waals surface area contributed by atoms with Crippen molar-refractivity contribution in [3.8, 4) is 0 Å². The fourth-order valence-corrected chi connectivity index (χ4v) is 12.0. The molecule has 9 aliphatic rings. The first-order valence-corrected chi connectivity index (χ1v) is 19.5. The molecule has 0 spiro atoms. The number of halogens is 2. The van der Waals surface area contributed by atoms with Gasteiger partial charge in [-0.3, -0.25) is 55.3 Å². The zero-order valence-electron chi connectivity index (χ0n) is 27.0. The van der Waals surface area contributed by atoms with Crippen LogP contribution in [-0.4, -0.2) is 49.3 Å². The van der Waals surface area contributed by atoms with Crippen molar-refractivity contribution < 1.29 is 17.1 Å². The average molecular weight is 715 g/mol. The average Bonchev–Trinajstić information content (AvgIpc) is 3.82. The molecular weight excluding hydrogens is 655 g/mol. The molecule has 9 rings (SSSR count). The molecule has 8 N–H and O–H groups in total. The third-order valence-electron chi connectivity index (χ3n) is 13.8. The number of fused-ring (bicyclic) bond motifs is 20. The van der Waals surface area contributed by atoms with Crippen molar-refractivity contribution in [3.05, 3.63) is 12.8 Å². The van der Waals surface area contributed by atoms with Gasteiger partial charge in [0.1, 0.15) is 0 Å². The Morgan fingerprint density at radius 1 is 0.267 bits per heavy atom. The molecule has 5 heterocycles. The summed E-state index contributed by atoms with van der Waals surface area (Å²) in [5.74, 6) is 5.97.